The highest BCUT2D eigenvalue weighted by Gasteiger charge is 2.33. The van der Waals surface area contributed by atoms with Crippen molar-refractivity contribution >= 4 is 16.6 Å². The summed E-state index contributed by atoms with van der Waals surface area (Å²) in [6, 6.07) is 8.17. The standard InChI is InChI=1S/C16H21N3O/c1-16(10-17)6-8-19(11-16)15-14-9-13(20-2)4-3-12(14)5-7-18-15/h3-5,7,9H,6,8,10-11,17H2,1-2H3. The van der Waals surface area contributed by atoms with Crippen LogP contribution >= 0.6 is 0 Å². The van der Waals surface area contributed by atoms with E-state index in [1.165, 1.54) is 5.39 Å². The first-order valence-electron chi connectivity index (χ1n) is 7.03. The molecule has 4 heteroatoms. The van der Waals surface area contributed by atoms with E-state index in [-0.39, 0.29) is 5.41 Å². The number of rotatable bonds is 3. The van der Waals surface area contributed by atoms with Crippen molar-refractivity contribution in [3.63, 3.8) is 0 Å². The molecule has 0 saturated carbocycles. The van der Waals surface area contributed by atoms with Crippen LogP contribution in [0, 0.1) is 5.41 Å². The largest absolute Gasteiger partial charge is 0.497 e. The predicted molar refractivity (Wildman–Crippen MR) is 82.3 cm³/mol. The lowest BCUT2D eigenvalue weighted by Gasteiger charge is -2.24. The van der Waals surface area contributed by atoms with Gasteiger partial charge in [-0.1, -0.05) is 13.0 Å². The molecule has 1 aromatic carbocycles. The molecule has 1 aliphatic rings. The van der Waals surface area contributed by atoms with E-state index in [0.717, 1.165) is 43.0 Å². The van der Waals surface area contributed by atoms with E-state index in [4.69, 9.17) is 10.5 Å². The monoisotopic (exact) mass is 271 g/mol. The summed E-state index contributed by atoms with van der Waals surface area (Å²) in [5.41, 5.74) is 6.10. The van der Waals surface area contributed by atoms with E-state index >= 15 is 0 Å². The summed E-state index contributed by atoms with van der Waals surface area (Å²) in [7, 11) is 1.69. The first kappa shape index (κ1) is 13.2. The second kappa shape index (κ2) is 4.94. The maximum atomic E-state index is 5.90. The molecule has 1 saturated heterocycles. The SMILES string of the molecule is COc1ccc2ccnc(N3CCC(C)(CN)C3)c2c1. The smallest absolute Gasteiger partial charge is 0.136 e. The van der Waals surface area contributed by atoms with Gasteiger partial charge < -0.3 is 15.4 Å². The van der Waals surface area contributed by atoms with Crippen molar-refractivity contribution in [1.82, 2.24) is 4.98 Å². The van der Waals surface area contributed by atoms with Gasteiger partial charge in [-0.05, 0) is 42.0 Å². The zero-order chi connectivity index (χ0) is 14.2. The molecule has 1 aliphatic heterocycles. The highest BCUT2D eigenvalue weighted by Crippen LogP contribution is 2.35. The van der Waals surface area contributed by atoms with Crippen LogP contribution in [0.15, 0.2) is 30.5 Å². The molecule has 0 aliphatic carbocycles. The van der Waals surface area contributed by atoms with Gasteiger partial charge in [0.1, 0.15) is 11.6 Å². The Labute approximate surface area is 119 Å². The molecule has 0 amide bonds. The minimum atomic E-state index is 0.197. The number of aromatic nitrogens is 1. The van der Waals surface area contributed by atoms with Crippen molar-refractivity contribution in [3.8, 4) is 5.75 Å². The molecule has 2 heterocycles. The fourth-order valence-electron chi connectivity index (χ4n) is 2.88. The normalized spacial score (nSPS) is 22.4. The van der Waals surface area contributed by atoms with E-state index < -0.39 is 0 Å². The van der Waals surface area contributed by atoms with Crippen LogP contribution in [0.1, 0.15) is 13.3 Å². The van der Waals surface area contributed by atoms with Gasteiger partial charge in [-0.2, -0.15) is 0 Å². The Bertz CT molecular complexity index is 628. The third-order valence-electron chi connectivity index (χ3n) is 4.30. The van der Waals surface area contributed by atoms with Crippen molar-refractivity contribution in [2.45, 2.75) is 13.3 Å². The van der Waals surface area contributed by atoms with Gasteiger partial charge in [-0.3, -0.25) is 0 Å². The first-order chi connectivity index (χ1) is 9.65. The maximum absolute atomic E-state index is 5.90. The van der Waals surface area contributed by atoms with E-state index in [1.54, 1.807) is 7.11 Å². The third kappa shape index (κ3) is 2.20. The zero-order valence-corrected chi connectivity index (χ0v) is 12.1. The summed E-state index contributed by atoms with van der Waals surface area (Å²) in [6.07, 6.45) is 2.99. The zero-order valence-electron chi connectivity index (χ0n) is 12.1. The van der Waals surface area contributed by atoms with Gasteiger partial charge in [0, 0.05) is 24.7 Å². The van der Waals surface area contributed by atoms with Crippen LogP contribution in [0.2, 0.25) is 0 Å². The van der Waals surface area contributed by atoms with E-state index in [9.17, 15) is 0 Å². The van der Waals surface area contributed by atoms with Gasteiger partial charge in [0.25, 0.3) is 0 Å². The molecule has 0 bridgehead atoms. The van der Waals surface area contributed by atoms with Crippen LogP contribution in [0.5, 0.6) is 5.75 Å². The predicted octanol–water partition coefficient (Wildman–Crippen LogP) is 2.42. The molecular weight excluding hydrogens is 250 g/mol. The lowest BCUT2D eigenvalue weighted by atomic mass is 9.90. The summed E-state index contributed by atoms with van der Waals surface area (Å²) < 4.78 is 5.34. The Hall–Kier alpha value is -1.81. The number of methoxy groups -OCH3 is 1. The molecule has 0 radical (unpaired) electrons. The minimum absolute atomic E-state index is 0.197. The van der Waals surface area contributed by atoms with Gasteiger partial charge in [-0.25, -0.2) is 4.98 Å². The number of fused-ring (bicyclic) bond motifs is 1. The van der Waals surface area contributed by atoms with E-state index in [1.807, 2.05) is 18.3 Å². The van der Waals surface area contributed by atoms with Crippen LogP contribution in [0.4, 0.5) is 5.82 Å². The second-order valence-corrected chi connectivity index (χ2v) is 5.91. The Kier molecular flexibility index (Phi) is 3.26. The van der Waals surface area contributed by atoms with Crippen LogP contribution in [-0.4, -0.2) is 31.7 Å². The van der Waals surface area contributed by atoms with Crippen molar-refractivity contribution in [2.24, 2.45) is 11.1 Å². The number of hydrogen-bond acceptors (Lipinski definition) is 4. The quantitative estimate of drug-likeness (QED) is 0.931. The van der Waals surface area contributed by atoms with Crippen LogP contribution in [-0.2, 0) is 0 Å². The summed E-state index contributed by atoms with van der Waals surface area (Å²) >= 11 is 0. The molecule has 2 aromatic rings. The summed E-state index contributed by atoms with van der Waals surface area (Å²) in [4.78, 5) is 6.94. The van der Waals surface area contributed by atoms with Crippen molar-refractivity contribution in [1.29, 1.82) is 0 Å². The van der Waals surface area contributed by atoms with E-state index in [2.05, 4.69) is 28.9 Å². The van der Waals surface area contributed by atoms with Crippen molar-refractivity contribution < 1.29 is 4.74 Å². The molecule has 0 spiro atoms. The fourth-order valence-corrected chi connectivity index (χ4v) is 2.88. The molecule has 4 nitrogen and oxygen atoms in total. The van der Waals surface area contributed by atoms with Crippen molar-refractivity contribution in [3.05, 3.63) is 30.5 Å². The Morgan fingerprint density at radius 3 is 2.95 bits per heavy atom. The maximum Gasteiger partial charge on any atom is 0.136 e. The molecule has 1 atom stereocenters. The second-order valence-electron chi connectivity index (χ2n) is 5.91. The molecule has 2 N–H and O–H groups in total. The lowest BCUT2D eigenvalue weighted by Crippen LogP contribution is -2.31. The highest BCUT2D eigenvalue weighted by molar-refractivity contribution is 5.93. The average Bonchev–Trinajstić information content (AvgIpc) is 2.89. The number of ether oxygens (including phenoxy) is 1. The summed E-state index contributed by atoms with van der Waals surface area (Å²) in [5.74, 6) is 1.91. The van der Waals surface area contributed by atoms with Crippen molar-refractivity contribution in [2.75, 3.05) is 31.6 Å². The summed E-state index contributed by atoms with van der Waals surface area (Å²) in [6.45, 7) is 4.94. The fraction of sp³-hybridized carbons (Fsp3) is 0.438. The van der Waals surface area contributed by atoms with Gasteiger partial charge in [0.15, 0.2) is 0 Å². The Morgan fingerprint density at radius 2 is 2.25 bits per heavy atom. The van der Waals surface area contributed by atoms with Gasteiger partial charge in [0.2, 0.25) is 0 Å². The molecular formula is C16H21N3O. The number of nitrogens with two attached hydrogens (primary N) is 1. The lowest BCUT2D eigenvalue weighted by molar-refractivity contribution is 0.383. The highest BCUT2D eigenvalue weighted by atomic mass is 16.5. The molecule has 1 fully saturated rings. The van der Waals surface area contributed by atoms with Gasteiger partial charge >= 0.3 is 0 Å². The molecule has 106 valence electrons. The van der Waals surface area contributed by atoms with Gasteiger partial charge in [0.05, 0.1) is 7.11 Å². The Balaban J connectivity index is 2.03. The van der Waals surface area contributed by atoms with Gasteiger partial charge in [-0.15, -0.1) is 0 Å². The van der Waals surface area contributed by atoms with Crippen LogP contribution in [0.3, 0.4) is 0 Å². The molecule has 20 heavy (non-hydrogen) atoms. The molecule has 1 unspecified atom stereocenters. The number of nitrogens with zero attached hydrogens (tertiary/aromatic N) is 2. The number of benzene rings is 1. The molecule has 3 rings (SSSR count). The van der Waals surface area contributed by atoms with E-state index in [0.29, 0.717) is 0 Å². The molecule has 1 aromatic heterocycles. The summed E-state index contributed by atoms with van der Waals surface area (Å²) in [5, 5.41) is 2.34. The Morgan fingerprint density at radius 1 is 1.40 bits per heavy atom. The number of pyridine rings is 1. The van der Waals surface area contributed by atoms with Crippen LogP contribution in [0.25, 0.3) is 10.8 Å². The topological polar surface area (TPSA) is 51.4 Å². The third-order valence-corrected chi connectivity index (χ3v) is 4.30. The average molecular weight is 271 g/mol. The first-order valence-corrected chi connectivity index (χ1v) is 7.03. The minimum Gasteiger partial charge on any atom is -0.497 e. The van der Waals surface area contributed by atoms with Crippen LogP contribution < -0.4 is 15.4 Å². The number of hydrogen-bond donors (Lipinski definition) is 1. The number of anilines is 1.